The molecule has 3 aromatic rings. The highest BCUT2D eigenvalue weighted by Crippen LogP contribution is 2.40. The van der Waals surface area contributed by atoms with E-state index in [0.717, 1.165) is 18.4 Å². The molecule has 26 heavy (non-hydrogen) atoms. The number of aryl methyl sites for hydroxylation is 1. The molecule has 1 aromatic carbocycles. The maximum Gasteiger partial charge on any atom is 0.295 e. The highest BCUT2D eigenvalue weighted by Gasteiger charge is 2.30. The molecular formula is C17H17N3O5S. The van der Waals surface area contributed by atoms with E-state index in [-0.39, 0.29) is 16.7 Å². The van der Waals surface area contributed by atoms with Crippen molar-refractivity contribution in [2.75, 3.05) is 11.8 Å². The summed E-state index contributed by atoms with van der Waals surface area (Å²) < 4.78 is 43.9. The lowest BCUT2D eigenvalue weighted by Gasteiger charge is -2.11. The smallest absolute Gasteiger partial charge is 0.295 e. The second-order valence-corrected chi connectivity index (χ2v) is 7.76. The fraction of sp³-hybridized carbons (Fsp3) is 0.294. The Hall–Kier alpha value is -2.81. The van der Waals surface area contributed by atoms with Gasteiger partial charge in [-0.1, -0.05) is 6.07 Å². The van der Waals surface area contributed by atoms with E-state index in [4.69, 9.17) is 13.6 Å². The number of anilines is 1. The van der Waals surface area contributed by atoms with Gasteiger partial charge in [0.25, 0.3) is 15.9 Å². The van der Waals surface area contributed by atoms with Gasteiger partial charge in [0.15, 0.2) is 5.76 Å². The van der Waals surface area contributed by atoms with Gasteiger partial charge in [0.2, 0.25) is 11.0 Å². The summed E-state index contributed by atoms with van der Waals surface area (Å²) in [6.45, 7) is 1.86. The molecule has 0 amide bonds. The molecule has 0 aliphatic heterocycles. The van der Waals surface area contributed by atoms with E-state index in [1.165, 1.54) is 19.2 Å². The Balaban J connectivity index is 1.60. The maximum absolute atomic E-state index is 12.6. The van der Waals surface area contributed by atoms with E-state index in [1.54, 1.807) is 12.1 Å². The van der Waals surface area contributed by atoms with Crippen molar-refractivity contribution >= 4 is 15.7 Å². The lowest BCUT2D eigenvalue weighted by Crippen LogP contribution is -2.13. The third-order valence-electron chi connectivity index (χ3n) is 4.02. The monoisotopic (exact) mass is 375 g/mol. The normalized spacial score (nSPS) is 14.4. The van der Waals surface area contributed by atoms with E-state index in [2.05, 4.69) is 14.9 Å². The van der Waals surface area contributed by atoms with Crippen LogP contribution < -0.4 is 9.46 Å². The first kappa shape index (κ1) is 16.6. The van der Waals surface area contributed by atoms with E-state index in [0.29, 0.717) is 23.2 Å². The fourth-order valence-electron chi connectivity index (χ4n) is 2.51. The number of sulfonamides is 1. The molecule has 4 rings (SSSR count). The van der Waals surface area contributed by atoms with Crippen molar-refractivity contribution in [2.24, 2.45) is 0 Å². The first-order valence-corrected chi connectivity index (χ1v) is 9.55. The molecule has 0 bridgehead atoms. The van der Waals surface area contributed by atoms with E-state index >= 15 is 0 Å². The highest BCUT2D eigenvalue weighted by molar-refractivity contribution is 7.92. The van der Waals surface area contributed by atoms with Crippen LogP contribution in [0.1, 0.15) is 30.2 Å². The molecule has 0 atom stereocenters. The minimum Gasteiger partial charge on any atom is -0.495 e. The molecule has 0 saturated heterocycles. The molecule has 9 heteroatoms. The van der Waals surface area contributed by atoms with Crippen molar-refractivity contribution in [1.29, 1.82) is 0 Å². The average Bonchev–Trinajstić information content (AvgIpc) is 3.12. The van der Waals surface area contributed by atoms with Gasteiger partial charge in [-0.25, -0.2) is 0 Å². The average molecular weight is 375 g/mol. The number of benzene rings is 1. The summed E-state index contributed by atoms with van der Waals surface area (Å²) in [6, 6.07) is 8.04. The molecule has 1 aliphatic rings. The fourth-order valence-corrected chi connectivity index (χ4v) is 3.50. The maximum atomic E-state index is 12.6. The molecule has 2 heterocycles. The van der Waals surface area contributed by atoms with Crippen molar-refractivity contribution in [3.63, 3.8) is 0 Å². The van der Waals surface area contributed by atoms with Gasteiger partial charge < -0.3 is 13.6 Å². The molecular weight excluding hydrogens is 358 g/mol. The van der Waals surface area contributed by atoms with Gasteiger partial charge >= 0.3 is 0 Å². The minimum atomic E-state index is -3.93. The van der Waals surface area contributed by atoms with E-state index in [1.807, 2.05) is 13.0 Å². The number of hydrogen-bond acceptors (Lipinski definition) is 7. The lowest BCUT2D eigenvalue weighted by molar-refractivity contribution is 0.416. The lowest BCUT2D eigenvalue weighted by atomic mass is 10.2. The third kappa shape index (κ3) is 3.17. The van der Waals surface area contributed by atoms with Gasteiger partial charge in [0.1, 0.15) is 5.75 Å². The number of rotatable bonds is 6. The molecule has 1 saturated carbocycles. The minimum absolute atomic E-state index is 0.168. The van der Waals surface area contributed by atoms with Crippen LogP contribution in [0.3, 0.4) is 0 Å². The van der Waals surface area contributed by atoms with Gasteiger partial charge in [-0.2, -0.15) is 8.42 Å². The number of hydrogen-bond donors (Lipinski definition) is 1. The molecule has 2 aromatic heterocycles. The number of ether oxygens (including phenoxy) is 1. The molecule has 1 aliphatic carbocycles. The predicted molar refractivity (Wildman–Crippen MR) is 92.5 cm³/mol. The summed E-state index contributed by atoms with van der Waals surface area (Å²) >= 11 is 0. The molecule has 8 nitrogen and oxygen atoms in total. The Morgan fingerprint density at radius 1 is 1.15 bits per heavy atom. The van der Waals surface area contributed by atoms with Gasteiger partial charge in [-0.3, -0.25) is 4.72 Å². The van der Waals surface area contributed by atoms with Crippen LogP contribution in [0.2, 0.25) is 0 Å². The zero-order valence-corrected chi connectivity index (χ0v) is 15.0. The molecule has 0 unspecified atom stereocenters. The molecule has 136 valence electrons. The summed E-state index contributed by atoms with van der Waals surface area (Å²) in [5.74, 6) is 1.66. The molecule has 1 fully saturated rings. The number of nitrogens with zero attached hydrogens (tertiary/aromatic N) is 2. The van der Waals surface area contributed by atoms with Crippen LogP contribution in [-0.4, -0.2) is 25.7 Å². The third-order valence-corrected chi connectivity index (χ3v) is 5.26. The number of furan rings is 1. The Labute approximate surface area is 150 Å². The number of aromatic nitrogens is 2. The van der Waals surface area contributed by atoms with E-state index in [9.17, 15) is 8.42 Å². The van der Waals surface area contributed by atoms with Crippen LogP contribution in [-0.2, 0) is 10.0 Å². The Morgan fingerprint density at radius 2 is 1.96 bits per heavy atom. The van der Waals surface area contributed by atoms with Crippen LogP contribution in [0.25, 0.3) is 11.7 Å². The summed E-state index contributed by atoms with van der Waals surface area (Å²) in [6.07, 6.45) is 2.06. The zero-order chi connectivity index (χ0) is 18.3. The molecule has 0 spiro atoms. The first-order chi connectivity index (χ1) is 12.5. The van der Waals surface area contributed by atoms with Crippen molar-refractivity contribution in [2.45, 2.75) is 30.8 Å². The number of nitrogens with one attached hydrogen (secondary N) is 1. The SMILES string of the molecule is COc1ccc(C)cc1NS(=O)(=O)c1ccc(-c2nnc(C3CC3)o2)o1. The largest absolute Gasteiger partial charge is 0.495 e. The van der Waals surface area contributed by atoms with Crippen LogP contribution in [0.5, 0.6) is 5.75 Å². The highest BCUT2D eigenvalue weighted by atomic mass is 32.2. The summed E-state index contributed by atoms with van der Waals surface area (Å²) in [7, 11) is -2.46. The quantitative estimate of drug-likeness (QED) is 0.704. The second-order valence-electron chi connectivity index (χ2n) is 6.15. The van der Waals surface area contributed by atoms with Gasteiger partial charge in [-0.05, 0) is 49.6 Å². The Morgan fingerprint density at radius 3 is 2.69 bits per heavy atom. The second kappa shape index (κ2) is 6.17. The Bertz CT molecular complexity index is 1050. The van der Waals surface area contributed by atoms with Gasteiger partial charge in [0.05, 0.1) is 12.8 Å². The summed E-state index contributed by atoms with van der Waals surface area (Å²) in [5, 5.41) is 7.64. The van der Waals surface area contributed by atoms with Crippen LogP contribution in [0.4, 0.5) is 5.69 Å². The van der Waals surface area contributed by atoms with Crippen LogP contribution in [0, 0.1) is 6.92 Å². The van der Waals surface area contributed by atoms with E-state index < -0.39 is 10.0 Å². The summed E-state index contributed by atoms with van der Waals surface area (Å²) in [4.78, 5) is 0. The Kier molecular flexibility index (Phi) is 3.95. The predicted octanol–water partition coefficient (Wildman–Crippen LogP) is 3.32. The van der Waals surface area contributed by atoms with Crippen molar-refractivity contribution in [1.82, 2.24) is 10.2 Å². The van der Waals surface area contributed by atoms with Crippen LogP contribution in [0.15, 0.2) is 44.3 Å². The standard InChI is InChI=1S/C17H17N3O5S/c1-10-3-6-13(23-2)12(9-10)20-26(21,22)15-8-7-14(24-15)17-19-18-16(25-17)11-4-5-11/h3,6-9,11,20H,4-5H2,1-2H3. The number of methoxy groups -OCH3 is 1. The summed E-state index contributed by atoms with van der Waals surface area (Å²) in [5.41, 5.74) is 1.22. The van der Waals surface area contributed by atoms with Crippen molar-refractivity contribution < 1.29 is 22.0 Å². The van der Waals surface area contributed by atoms with Gasteiger partial charge in [-0.15, -0.1) is 10.2 Å². The molecule has 0 radical (unpaired) electrons. The van der Waals surface area contributed by atoms with Crippen molar-refractivity contribution in [3.05, 3.63) is 41.8 Å². The van der Waals surface area contributed by atoms with Crippen LogP contribution >= 0.6 is 0 Å². The van der Waals surface area contributed by atoms with Gasteiger partial charge in [0, 0.05) is 5.92 Å². The first-order valence-electron chi connectivity index (χ1n) is 8.07. The van der Waals surface area contributed by atoms with Crippen molar-refractivity contribution in [3.8, 4) is 17.4 Å². The zero-order valence-electron chi connectivity index (χ0n) is 14.2. The molecule has 1 N–H and O–H groups in total. The topological polar surface area (TPSA) is 107 Å².